The molecule has 6 nitrogen and oxygen atoms in total. The van der Waals surface area contributed by atoms with Gasteiger partial charge in [-0.25, -0.2) is 13.4 Å². The molecule has 0 spiro atoms. The van der Waals surface area contributed by atoms with Crippen molar-refractivity contribution in [3.63, 3.8) is 0 Å². The van der Waals surface area contributed by atoms with Gasteiger partial charge in [0.1, 0.15) is 6.54 Å². The molecule has 1 saturated heterocycles. The monoisotopic (exact) mass is 437 g/mol. The highest BCUT2D eigenvalue weighted by Gasteiger charge is 2.40. The minimum atomic E-state index is -4.74. The standard InChI is InChI=1S/C20H18F3N3O3S/c21-20(22,23)19-24-16-8-4-5-9-17(16)25(19)12-18(27)26(14-6-2-1-3-7-14)15-10-11-30(28,29)13-15/h1-9,15H,10-13H2/t15-/m1/s1. The zero-order valence-corrected chi connectivity index (χ0v) is 16.5. The normalized spacial score (nSPS) is 18.6. The van der Waals surface area contributed by atoms with Crippen molar-refractivity contribution in [3.05, 3.63) is 60.4 Å². The van der Waals surface area contributed by atoms with E-state index < -0.39 is 40.3 Å². The highest BCUT2D eigenvalue weighted by molar-refractivity contribution is 7.91. The van der Waals surface area contributed by atoms with E-state index >= 15 is 0 Å². The molecule has 3 aromatic rings. The minimum absolute atomic E-state index is 0.0594. The van der Waals surface area contributed by atoms with Crippen LogP contribution >= 0.6 is 0 Å². The number of nitrogens with zero attached hydrogens (tertiary/aromatic N) is 3. The smallest absolute Gasteiger partial charge is 0.311 e. The lowest BCUT2D eigenvalue weighted by molar-refractivity contribution is -0.147. The Balaban J connectivity index is 1.75. The third kappa shape index (κ3) is 3.91. The summed E-state index contributed by atoms with van der Waals surface area (Å²) in [6.45, 7) is -0.610. The SMILES string of the molecule is O=C(Cn1c(C(F)(F)F)nc2ccccc21)N(c1ccccc1)[C@@H]1CCS(=O)(=O)C1. The van der Waals surface area contributed by atoms with Gasteiger partial charge in [-0.3, -0.25) is 4.79 Å². The number of para-hydroxylation sites is 3. The maximum Gasteiger partial charge on any atom is 0.449 e. The van der Waals surface area contributed by atoms with Crippen molar-refractivity contribution in [1.29, 1.82) is 0 Å². The van der Waals surface area contributed by atoms with Crippen molar-refractivity contribution >= 4 is 32.5 Å². The van der Waals surface area contributed by atoms with Crippen LogP contribution in [0.3, 0.4) is 0 Å². The van der Waals surface area contributed by atoms with Crippen LogP contribution in [-0.4, -0.2) is 41.4 Å². The molecule has 158 valence electrons. The number of amides is 1. The average molecular weight is 437 g/mol. The molecule has 1 atom stereocenters. The maximum atomic E-state index is 13.6. The number of aromatic nitrogens is 2. The van der Waals surface area contributed by atoms with Gasteiger partial charge in [-0.15, -0.1) is 0 Å². The number of benzene rings is 2. The van der Waals surface area contributed by atoms with E-state index in [1.54, 1.807) is 42.5 Å². The molecule has 1 amide bonds. The third-order valence-electron chi connectivity index (χ3n) is 5.08. The van der Waals surface area contributed by atoms with E-state index in [2.05, 4.69) is 4.98 Å². The fraction of sp³-hybridized carbons (Fsp3) is 0.300. The van der Waals surface area contributed by atoms with Gasteiger partial charge < -0.3 is 9.47 Å². The van der Waals surface area contributed by atoms with Crippen LogP contribution in [0.15, 0.2) is 54.6 Å². The highest BCUT2D eigenvalue weighted by atomic mass is 32.2. The maximum absolute atomic E-state index is 13.6. The van der Waals surface area contributed by atoms with E-state index in [0.29, 0.717) is 5.69 Å². The number of rotatable bonds is 4. The van der Waals surface area contributed by atoms with E-state index in [1.165, 1.54) is 17.0 Å². The van der Waals surface area contributed by atoms with Crippen LogP contribution in [0.25, 0.3) is 11.0 Å². The van der Waals surface area contributed by atoms with Crippen LogP contribution in [0.5, 0.6) is 0 Å². The van der Waals surface area contributed by atoms with E-state index in [9.17, 15) is 26.4 Å². The zero-order chi connectivity index (χ0) is 21.5. The molecule has 0 N–H and O–H groups in total. The molecule has 0 saturated carbocycles. The van der Waals surface area contributed by atoms with Crippen LogP contribution in [0.4, 0.5) is 18.9 Å². The minimum Gasteiger partial charge on any atom is -0.311 e. The van der Waals surface area contributed by atoms with Crippen molar-refractivity contribution < 1.29 is 26.4 Å². The Morgan fingerprint density at radius 2 is 1.77 bits per heavy atom. The summed E-state index contributed by atoms with van der Waals surface area (Å²) < 4.78 is 65.5. The summed E-state index contributed by atoms with van der Waals surface area (Å²) in [7, 11) is -3.30. The fourth-order valence-electron chi connectivity index (χ4n) is 3.79. The van der Waals surface area contributed by atoms with E-state index in [0.717, 1.165) is 4.57 Å². The molecule has 0 unspecified atom stereocenters. The van der Waals surface area contributed by atoms with Gasteiger partial charge >= 0.3 is 6.18 Å². The number of sulfone groups is 1. The van der Waals surface area contributed by atoms with Crippen LogP contribution in [0.2, 0.25) is 0 Å². The van der Waals surface area contributed by atoms with Gasteiger partial charge in [0.2, 0.25) is 11.7 Å². The Morgan fingerprint density at radius 1 is 1.10 bits per heavy atom. The number of halogens is 3. The number of hydrogen-bond donors (Lipinski definition) is 0. The lowest BCUT2D eigenvalue weighted by atomic mass is 10.1. The number of imidazole rings is 1. The van der Waals surface area contributed by atoms with Gasteiger partial charge in [-0.2, -0.15) is 13.2 Å². The third-order valence-corrected chi connectivity index (χ3v) is 6.83. The van der Waals surface area contributed by atoms with E-state index in [4.69, 9.17) is 0 Å². The number of carbonyl (C=O) groups is 1. The highest BCUT2D eigenvalue weighted by Crippen LogP contribution is 2.32. The Kier molecular flexibility index (Phi) is 5.05. The second-order valence-electron chi connectivity index (χ2n) is 7.16. The fourth-order valence-corrected chi connectivity index (χ4v) is 5.49. The van der Waals surface area contributed by atoms with Crippen molar-refractivity contribution in [2.24, 2.45) is 0 Å². The second kappa shape index (κ2) is 7.42. The summed E-state index contributed by atoms with van der Waals surface area (Å²) in [6.07, 6.45) is -4.51. The van der Waals surface area contributed by atoms with Crippen LogP contribution in [0, 0.1) is 0 Å². The molecule has 10 heteroatoms. The summed E-state index contributed by atoms with van der Waals surface area (Å²) >= 11 is 0. The number of anilines is 1. The first-order valence-corrected chi connectivity index (χ1v) is 11.1. The molecule has 1 aliphatic rings. The van der Waals surface area contributed by atoms with Crippen molar-refractivity contribution in [2.45, 2.75) is 25.2 Å². The molecule has 30 heavy (non-hydrogen) atoms. The molecule has 1 aromatic heterocycles. The van der Waals surface area contributed by atoms with Crippen molar-refractivity contribution in [1.82, 2.24) is 9.55 Å². The molecular formula is C20H18F3N3O3S. The molecular weight excluding hydrogens is 419 g/mol. The number of fused-ring (bicyclic) bond motifs is 1. The first-order valence-electron chi connectivity index (χ1n) is 9.26. The van der Waals surface area contributed by atoms with Gasteiger partial charge in [0.15, 0.2) is 9.84 Å². The molecule has 1 fully saturated rings. The van der Waals surface area contributed by atoms with Crippen LogP contribution < -0.4 is 4.90 Å². The summed E-state index contributed by atoms with van der Waals surface area (Å²) in [5.74, 6) is -2.07. The Labute approximate surface area is 170 Å². The first kappa shape index (κ1) is 20.4. The van der Waals surface area contributed by atoms with Gasteiger partial charge in [0.05, 0.1) is 28.6 Å². The predicted octanol–water partition coefficient (Wildman–Crippen LogP) is 3.28. The Morgan fingerprint density at radius 3 is 2.40 bits per heavy atom. The molecule has 2 heterocycles. The lowest BCUT2D eigenvalue weighted by Crippen LogP contribution is -2.43. The van der Waals surface area contributed by atoms with Crippen LogP contribution in [-0.2, 0) is 27.4 Å². The van der Waals surface area contributed by atoms with Gasteiger partial charge in [-0.1, -0.05) is 30.3 Å². The summed E-state index contributed by atoms with van der Waals surface area (Å²) in [5, 5.41) is 0. The molecule has 2 aromatic carbocycles. The van der Waals surface area contributed by atoms with Gasteiger partial charge in [0.25, 0.3) is 0 Å². The molecule has 0 radical (unpaired) electrons. The van der Waals surface area contributed by atoms with Crippen LogP contribution in [0.1, 0.15) is 12.2 Å². The zero-order valence-electron chi connectivity index (χ0n) is 15.7. The molecule has 4 rings (SSSR count). The summed E-state index contributed by atoms with van der Waals surface area (Å²) in [6, 6.07) is 13.8. The first-order chi connectivity index (χ1) is 14.2. The number of alkyl halides is 3. The topological polar surface area (TPSA) is 72.3 Å². The van der Waals surface area contributed by atoms with E-state index in [1.807, 2.05) is 0 Å². The number of carbonyl (C=O) groups excluding carboxylic acids is 1. The Bertz CT molecular complexity index is 1190. The number of hydrogen-bond acceptors (Lipinski definition) is 4. The average Bonchev–Trinajstić information content (AvgIpc) is 3.23. The molecule has 1 aliphatic heterocycles. The van der Waals surface area contributed by atoms with Gasteiger partial charge in [0, 0.05) is 5.69 Å². The largest absolute Gasteiger partial charge is 0.449 e. The second-order valence-corrected chi connectivity index (χ2v) is 9.39. The quantitative estimate of drug-likeness (QED) is 0.628. The summed E-state index contributed by atoms with van der Waals surface area (Å²) in [4.78, 5) is 18.2. The molecule has 0 aliphatic carbocycles. The van der Waals surface area contributed by atoms with E-state index in [-0.39, 0.29) is 29.0 Å². The van der Waals surface area contributed by atoms with Crippen molar-refractivity contribution in [2.75, 3.05) is 16.4 Å². The van der Waals surface area contributed by atoms with Crippen molar-refractivity contribution in [3.8, 4) is 0 Å². The Hall–Kier alpha value is -2.88. The van der Waals surface area contributed by atoms with Gasteiger partial charge in [-0.05, 0) is 30.7 Å². The lowest BCUT2D eigenvalue weighted by Gasteiger charge is -2.29. The molecule has 0 bridgehead atoms. The summed E-state index contributed by atoms with van der Waals surface area (Å²) in [5.41, 5.74) is 0.764. The predicted molar refractivity (Wildman–Crippen MR) is 106 cm³/mol.